The molecule has 8 unspecified atom stereocenters. The number of allylic oxidation sites excluding steroid dienone is 2. The predicted octanol–water partition coefficient (Wildman–Crippen LogP) is 4.33. The Labute approximate surface area is 224 Å². The van der Waals surface area contributed by atoms with Crippen molar-refractivity contribution in [3.8, 4) is 0 Å². The van der Waals surface area contributed by atoms with Crippen molar-refractivity contribution in [2.45, 2.75) is 90.5 Å². The first kappa shape index (κ1) is 28.2. The Balaban J connectivity index is 0.000000194. The number of carbonyl (C=O) groups excluding carboxylic acids is 3. The molecule has 8 atom stereocenters. The lowest BCUT2D eigenvalue weighted by atomic mass is 9.74. The number of carboxylic acid groups (broad SMARTS) is 2. The van der Waals surface area contributed by atoms with Crippen molar-refractivity contribution in [1.29, 1.82) is 0 Å². The fourth-order valence-electron chi connectivity index (χ4n) is 7.31. The Morgan fingerprint density at radius 3 is 1.74 bits per heavy atom. The lowest BCUT2D eigenvalue weighted by Gasteiger charge is -2.30. The van der Waals surface area contributed by atoms with E-state index in [0.717, 1.165) is 44.9 Å². The second-order valence-electron chi connectivity index (χ2n) is 11.8. The summed E-state index contributed by atoms with van der Waals surface area (Å²) in [5, 5.41) is 21.4. The van der Waals surface area contributed by atoms with E-state index in [1.54, 1.807) is 0 Å². The normalized spacial score (nSPS) is 37.2. The van der Waals surface area contributed by atoms with E-state index < -0.39 is 17.5 Å². The second kappa shape index (κ2) is 11.1. The van der Waals surface area contributed by atoms with Gasteiger partial charge in [-0.25, -0.2) is 9.59 Å². The fourth-order valence-corrected chi connectivity index (χ4v) is 7.31. The summed E-state index contributed by atoms with van der Waals surface area (Å²) in [6, 6.07) is 0. The third kappa shape index (κ3) is 5.23. The zero-order valence-corrected chi connectivity index (χ0v) is 22.7. The molecule has 5 rings (SSSR count). The summed E-state index contributed by atoms with van der Waals surface area (Å²) in [5.41, 5.74) is 0.0505. The van der Waals surface area contributed by atoms with Crippen molar-refractivity contribution in [3.63, 3.8) is 0 Å². The van der Waals surface area contributed by atoms with E-state index in [1.807, 2.05) is 26.0 Å². The number of amides is 1. The molecule has 0 radical (unpaired) electrons. The van der Waals surface area contributed by atoms with Gasteiger partial charge in [0, 0.05) is 41.7 Å². The number of hydrogen-bond acceptors (Lipinski definition) is 5. The van der Waals surface area contributed by atoms with Gasteiger partial charge in [0.15, 0.2) is 0 Å². The minimum Gasteiger partial charge on any atom is -0.479 e. The van der Waals surface area contributed by atoms with E-state index in [0.29, 0.717) is 30.4 Å². The van der Waals surface area contributed by atoms with E-state index in [9.17, 15) is 29.1 Å². The highest BCUT2D eigenvalue weighted by Crippen LogP contribution is 2.48. The van der Waals surface area contributed by atoms with Gasteiger partial charge in [0.05, 0.1) is 0 Å². The quantitative estimate of drug-likeness (QED) is 0.448. The van der Waals surface area contributed by atoms with Crippen LogP contribution in [-0.4, -0.2) is 45.2 Å². The van der Waals surface area contributed by atoms with Crippen molar-refractivity contribution in [2.24, 2.45) is 41.4 Å². The summed E-state index contributed by atoms with van der Waals surface area (Å²) < 4.78 is 0. The molecule has 0 heterocycles. The van der Waals surface area contributed by atoms with Crippen molar-refractivity contribution in [2.75, 3.05) is 0 Å². The van der Waals surface area contributed by atoms with E-state index in [2.05, 4.69) is 12.2 Å². The first-order valence-corrected chi connectivity index (χ1v) is 14.3. The molecule has 0 aliphatic heterocycles. The average Bonchev–Trinajstić information content (AvgIpc) is 3.33. The SMILES string of the molecule is CCC1C=C(C(=O)NC2(C(=O)O)CC2CC)C2CCC(=O)C2C1.CCC1C=C(C(=O)O)C2CCC(=O)C2C1. The van der Waals surface area contributed by atoms with Crippen LogP contribution in [0.15, 0.2) is 23.3 Å². The highest BCUT2D eigenvalue weighted by atomic mass is 16.4. The van der Waals surface area contributed by atoms with E-state index in [1.165, 1.54) is 0 Å². The Hall–Kier alpha value is -2.77. The molecule has 0 saturated heterocycles. The maximum absolute atomic E-state index is 12.8. The van der Waals surface area contributed by atoms with Crippen LogP contribution in [0.25, 0.3) is 0 Å². The highest BCUT2D eigenvalue weighted by Gasteiger charge is 2.61. The first-order valence-electron chi connectivity index (χ1n) is 14.3. The van der Waals surface area contributed by atoms with Gasteiger partial charge in [0.25, 0.3) is 0 Å². The van der Waals surface area contributed by atoms with Gasteiger partial charge in [0.1, 0.15) is 17.1 Å². The maximum Gasteiger partial charge on any atom is 0.331 e. The monoisotopic (exact) mass is 527 g/mol. The smallest absolute Gasteiger partial charge is 0.331 e. The van der Waals surface area contributed by atoms with E-state index in [-0.39, 0.29) is 58.9 Å². The van der Waals surface area contributed by atoms with Gasteiger partial charge in [0.2, 0.25) is 5.91 Å². The van der Waals surface area contributed by atoms with Gasteiger partial charge in [-0.15, -0.1) is 0 Å². The number of aliphatic carboxylic acids is 2. The molecule has 3 fully saturated rings. The van der Waals surface area contributed by atoms with Crippen LogP contribution >= 0.6 is 0 Å². The Morgan fingerprint density at radius 1 is 0.816 bits per heavy atom. The number of Topliss-reactive ketones (excluding diaryl/α,β-unsaturated/α-hetero) is 2. The molecule has 0 aromatic carbocycles. The molecule has 5 aliphatic rings. The predicted molar refractivity (Wildman–Crippen MR) is 140 cm³/mol. The molecule has 0 spiro atoms. The van der Waals surface area contributed by atoms with Gasteiger partial charge < -0.3 is 15.5 Å². The Kier molecular flexibility index (Phi) is 8.29. The Morgan fingerprint density at radius 2 is 1.32 bits per heavy atom. The minimum atomic E-state index is -1.09. The summed E-state index contributed by atoms with van der Waals surface area (Å²) >= 11 is 0. The van der Waals surface area contributed by atoms with Crippen molar-refractivity contribution < 1.29 is 34.2 Å². The molecule has 5 aliphatic carbocycles. The average molecular weight is 528 g/mol. The number of hydrogen-bond donors (Lipinski definition) is 3. The van der Waals surface area contributed by atoms with Crippen LogP contribution in [0, 0.1) is 41.4 Å². The molecule has 38 heavy (non-hydrogen) atoms. The van der Waals surface area contributed by atoms with Crippen molar-refractivity contribution in [1.82, 2.24) is 5.32 Å². The summed E-state index contributed by atoms with van der Waals surface area (Å²) in [4.78, 5) is 59.2. The van der Waals surface area contributed by atoms with Crippen molar-refractivity contribution in [3.05, 3.63) is 23.3 Å². The van der Waals surface area contributed by atoms with Crippen LogP contribution in [0.2, 0.25) is 0 Å². The molecule has 3 N–H and O–H groups in total. The largest absolute Gasteiger partial charge is 0.479 e. The number of rotatable bonds is 7. The third-order valence-electron chi connectivity index (χ3n) is 9.82. The van der Waals surface area contributed by atoms with Crippen molar-refractivity contribution >= 4 is 29.4 Å². The summed E-state index contributed by atoms with van der Waals surface area (Å²) in [7, 11) is 0. The number of fused-ring (bicyclic) bond motifs is 2. The van der Waals surface area contributed by atoms with Crippen LogP contribution in [0.3, 0.4) is 0 Å². The Bertz CT molecular complexity index is 1070. The fraction of sp³-hybridized carbons (Fsp3) is 0.700. The maximum atomic E-state index is 12.8. The third-order valence-corrected chi connectivity index (χ3v) is 9.82. The molecule has 208 valence electrons. The van der Waals surface area contributed by atoms with Crippen LogP contribution in [0.4, 0.5) is 0 Å². The molecule has 0 bridgehead atoms. The molecule has 3 saturated carbocycles. The van der Waals surface area contributed by atoms with E-state index in [4.69, 9.17) is 5.11 Å². The molecular formula is C30H41NO7. The number of carbonyl (C=O) groups is 5. The number of carboxylic acids is 2. The molecule has 8 heteroatoms. The zero-order valence-electron chi connectivity index (χ0n) is 22.7. The van der Waals surface area contributed by atoms with Crippen LogP contribution in [0.1, 0.15) is 85.0 Å². The summed E-state index contributed by atoms with van der Waals surface area (Å²) in [5.74, 6) is -1.07. The van der Waals surface area contributed by atoms with Crippen LogP contribution in [0.5, 0.6) is 0 Å². The van der Waals surface area contributed by atoms with Gasteiger partial charge in [-0.1, -0.05) is 39.3 Å². The topological polar surface area (TPSA) is 138 Å². The molecule has 0 aromatic rings. The first-order chi connectivity index (χ1) is 18.1. The summed E-state index contributed by atoms with van der Waals surface area (Å²) in [6.45, 7) is 6.05. The van der Waals surface area contributed by atoms with Gasteiger partial charge in [-0.05, 0) is 68.6 Å². The number of nitrogens with one attached hydrogen (secondary N) is 1. The molecule has 8 nitrogen and oxygen atoms in total. The minimum absolute atomic E-state index is 0.00204. The lowest BCUT2D eigenvalue weighted by molar-refractivity contribution is -0.143. The van der Waals surface area contributed by atoms with E-state index >= 15 is 0 Å². The zero-order chi connectivity index (χ0) is 27.8. The van der Waals surface area contributed by atoms with Gasteiger partial charge >= 0.3 is 11.9 Å². The van der Waals surface area contributed by atoms with Gasteiger partial charge in [-0.3, -0.25) is 14.4 Å². The highest BCUT2D eigenvalue weighted by molar-refractivity contribution is 6.00. The molecule has 1 amide bonds. The van der Waals surface area contributed by atoms with Gasteiger partial charge in [-0.2, -0.15) is 0 Å². The number of ketones is 2. The molecule has 0 aromatic heterocycles. The summed E-state index contributed by atoms with van der Waals surface area (Å²) in [6.07, 6.45) is 11.2. The van der Waals surface area contributed by atoms with Crippen LogP contribution < -0.4 is 5.32 Å². The standard InChI is InChI=1S/C18H25NO4.C12H16O3/c1-3-10-7-13-12(5-6-15(13)20)14(8-10)16(21)19-18(17(22)23)9-11(18)4-2;1-2-7-5-9-8(3-4-11(9)13)10(6-7)12(14)15/h8,10-13H,3-7,9H2,1-2H3,(H,19,21)(H,22,23);6-9H,2-5H2,1H3,(H,14,15). The van der Waals surface area contributed by atoms with Crippen LogP contribution in [-0.2, 0) is 24.0 Å². The molecular weight excluding hydrogens is 486 g/mol. The lowest BCUT2D eigenvalue weighted by Crippen LogP contribution is -2.47. The second-order valence-corrected chi connectivity index (χ2v) is 11.8.